The first-order valence-corrected chi connectivity index (χ1v) is 5.52. The van der Waals surface area contributed by atoms with E-state index < -0.39 is 0 Å². The molecule has 0 aromatic carbocycles. The highest BCUT2D eigenvalue weighted by Crippen LogP contribution is 2.35. The highest BCUT2D eigenvalue weighted by atomic mass is 14.8. The predicted octanol–water partition coefficient (Wildman–Crippen LogP) is 3.08. The van der Waals surface area contributed by atoms with E-state index in [4.69, 9.17) is 5.73 Å². The average molecular weight is 169 g/mol. The van der Waals surface area contributed by atoms with Crippen LogP contribution in [0.4, 0.5) is 0 Å². The van der Waals surface area contributed by atoms with Crippen molar-refractivity contribution in [2.45, 2.75) is 64.3 Å². The van der Waals surface area contributed by atoms with Gasteiger partial charge in [0.25, 0.3) is 0 Å². The molecule has 1 saturated carbocycles. The van der Waals surface area contributed by atoms with Crippen LogP contribution in [0.3, 0.4) is 0 Å². The van der Waals surface area contributed by atoms with Crippen molar-refractivity contribution in [3.63, 3.8) is 0 Å². The van der Waals surface area contributed by atoms with E-state index in [-0.39, 0.29) is 5.54 Å². The molecule has 0 spiro atoms. The van der Waals surface area contributed by atoms with E-state index in [9.17, 15) is 0 Å². The topological polar surface area (TPSA) is 26.0 Å². The van der Waals surface area contributed by atoms with Crippen LogP contribution in [-0.2, 0) is 0 Å². The van der Waals surface area contributed by atoms with E-state index in [1.54, 1.807) is 0 Å². The smallest absolute Gasteiger partial charge is 0.0182 e. The average Bonchev–Trinajstić information content (AvgIpc) is 2.07. The fourth-order valence-corrected chi connectivity index (χ4v) is 2.72. The minimum Gasteiger partial charge on any atom is -0.325 e. The lowest BCUT2D eigenvalue weighted by molar-refractivity contribution is 0.185. The van der Waals surface area contributed by atoms with Gasteiger partial charge in [-0.25, -0.2) is 0 Å². The van der Waals surface area contributed by atoms with Crippen LogP contribution in [0, 0.1) is 5.92 Å². The first kappa shape index (κ1) is 10.0. The molecule has 1 aliphatic rings. The van der Waals surface area contributed by atoms with E-state index in [0.29, 0.717) is 0 Å². The molecule has 0 aliphatic heterocycles. The van der Waals surface area contributed by atoms with Gasteiger partial charge < -0.3 is 5.73 Å². The van der Waals surface area contributed by atoms with Crippen molar-refractivity contribution in [3.8, 4) is 0 Å². The molecule has 0 heterocycles. The molecule has 1 rings (SSSR count). The zero-order valence-electron chi connectivity index (χ0n) is 8.60. The molecule has 12 heavy (non-hydrogen) atoms. The highest BCUT2D eigenvalue weighted by Gasteiger charge is 2.33. The molecule has 72 valence electrons. The summed E-state index contributed by atoms with van der Waals surface area (Å²) in [6.45, 7) is 4.55. The minimum atomic E-state index is 0.196. The van der Waals surface area contributed by atoms with Gasteiger partial charge in [-0.2, -0.15) is 0 Å². The Morgan fingerprint density at radius 3 is 2.00 bits per heavy atom. The minimum absolute atomic E-state index is 0.196. The molecule has 0 atom stereocenters. The summed E-state index contributed by atoms with van der Waals surface area (Å²) < 4.78 is 0. The first-order valence-electron chi connectivity index (χ1n) is 5.52. The van der Waals surface area contributed by atoms with Gasteiger partial charge in [-0.3, -0.25) is 0 Å². The van der Waals surface area contributed by atoms with Crippen LogP contribution >= 0.6 is 0 Å². The third-order valence-corrected chi connectivity index (χ3v) is 3.58. The fraction of sp³-hybridized carbons (Fsp3) is 1.00. The van der Waals surface area contributed by atoms with E-state index in [1.807, 2.05) is 0 Å². The predicted molar refractivity (Wildman–Crippen MR) is 54.1 cm³/mol. The summed E-state index contributed by atoms with van der Waals surface area (Å²) in [4.78, 5) is 0. The molecular formula is C11H23N. The number of rotatable bonds is 3. The van der Waals surface area contributed by atoms with E-state index in [1.165, 1.54) is 44.9 Å². The van der Waals surface area contributed by atoms with Gasteiger partial charge in [-0.05, 0) is 18.8 Å². The Hall–Kier alpha value is -0.0400. The first-order chi connectivity index (χ1) is 5.73. The normalized spacial score (nSPS) is 23.0. The van der Waals surface area contributed by atoms with Gasteiger partial charge in [0.1, 0.15) is 0 Å². The Bertz CT molecular complexity index is 121. The maximum absolute atomic E-state index is 6.42. The Morgan fingerprint density at radius 2 is 1.58 bits per heavy atom. The van der Waals surface area contributed by atoms with E-state index >= 15 is 0 Å². The van der Waals surface area contributed by atoms with Gasteiger partial charge in [0.15, 0.2) is 0 Å². The van der Waals surface area contributed by atoms with Crippen molar-refractivity contribution in [1.29, 1.82) is 0 Å². The molecule has 0 unspecified atom stereocenters. The highest BCUT2D eigenvalue weighted by molar-refractivity contribution is 4.92. The molecule has 1 heteroatoms. The molecule has 0 bridgehead atoms. The standard InChI is InChI=1S/C11H23N/c1-3-10(4-2)11(12)8-6-5-7-9-11/h10H,3-9,12H2,1-2H3. The second-order valence-corrected chi connectivity index (χ2v) is 4.31. The maximum atomic E-state index is 6.42. The molecule has 1 aliphatic carbocycles. The summed E-state index contributed by atoms with van der Waals surface area (Å²) in [6, 6.07) is 0. The largest absolute Gasteiger partial charge is 0.325 e. The van der Waals surface area contributed by atoms with Gasteiger partial charge in [-0.15, -0.1) is 0 Å². The third kappa shape index (κ3) is 2.01. The lowest BCUT2D eigenvalue weighted by Crippen LogP contribution is -2.48. The van der Waals surface area contributed by atoms with Gasteiger partial charge in [0.05, 0.1) is 0 Å². The number of hydrogen-bond acceptors (Lipinski definition) is 1. The fourth-order valence-electron chi connectivity index (χ4n) is 2.72. The number of nitrogens with two attached hydrogens (primary N) is 1. The van der Waals surface area contributed by atoms with Crippen molar-refractivity contribution < 1.29 is 0 Å². The maximum Gasteiger partial charge on any atom is 0.0182 e. The van der Waals surface area contributed by atoms with Crippen LogP contribution in [0.2, 0.25) is 0 Å². The summed E-state index contributed by atoms with van der Waals surface area (Å²) in [6.07, 6.45) is 9.15. The SMILES string of the molecule is CCC(CC)C1(N)CCCCC1. The van der Waals surface area contributed by atoms with Crippen molar-refractivity contribution in [1.82, 2.24) is 0 Å². The van der Waals surface area contributed by atoms with Crippen LogP contribution in [-0.4, -0.2) is 5.54 Å². The van der Waals surface area contributed by atoms with E-state index in [2.05, 4.69) is 13.8 Å². The quantitative estimate of drug-likeness (QED) is 0.690. The van der Waals surface area contributed by atoms with Gasteiger partial charge in [0.2, 0.25) is 0 Å². The molecule has 2 N–H and O–H groups in total. The molecule has 0 aromatic rings. The molecule has 1 fully saturated rings. The molecule has 0 radical (unpaired) electrons. The molecule has 1 nitrogen and oxygen atoms in total. The van der Waals surface area contributed by atoms with Crippen LogP contribution in [0.25, 0.3) is 0 Å². The van der Waals surface area contributed by atoms with E-state index in [0.717, 1.165) is 5.92 Å². The van der Waals surface area contributed by atoms with Gasteiger partial charge in [-0.1, -0.05) is 46.0 Å². The van der Waals surface area contributed by atoms with Crippen molar-refractivity contribution in [2.75, 3.05) is 0 Å². The van der Waals surface area contributed by atoms with Crippen molar-refractivity contribution in [2.24, 2.45) is 11.7 Å². The summed E-state index contributed by atoms with van der Waals surface area (Å²) in [7, 11) is 0. The second-order valence-electron chi connectivity index (χ2n) is 4.31. The lowest BCUT2D eigenvalue weighted by Gasteiger charge is -2.40. The Kier molecular flexibility index (Phi) is 3.57. The van der Waals surface area contributed by atoms with Gasteiger partial charge >= 0.3 is 0 Å². The second kappa shape index (κ2) is 4.27. The van der Waals surface area contributed by atoms with Crippen molar-refractivity contribution >= 4 is 0 Å². The lowest BCUT2D eigenvalue weighted by atomic mass is 9.71. The van der Waals surface area contributed by atoms with Crippen LogP contribution in [0.1, 0.15) is 58.8 Å². The van der Waals surface area contributed by atoms with Crippen LogP contribution < -0.4 is 5.73 Å². The summed E-state index contributed by atoms with van der Waals surface area (Å²) in [5.41, 5.74) is 6.62. The number of hydrogen-bond donors (Lipinski definition) is 1. The molecule has 0 saturated heterocycles. The Balaban J connectivity index is 2.53. The summed E-state index contributed by atoms with van der Waals surface area (Å²) in [5, 5.41) is 0. The molecule has 0 amide bonds. The van der Waals surface area contributed by atoms with Crippen molar-refractivity contribution in [3.05, 3.63) is 0 Å². The Morgan fingerprint density at radius 1 is 1.08 bits per heavy atom. The zero-order chi connectivity index (χ0) is 9.03. The van der Waals surface area contributed by atoms with Crippen LogP contribution in [0.5, 0.6) is 0 Å². The van der Waals surface area contributed by atoms with Crippen LogP contribution in [0.15, 0.2) is 0 Å². The summed E-state index contributed by atoms with van der Waals surface area (Å²) >= 11 is 0. The molecule has 0 aromatic heterocycles. The molecular weight excluding hydrogens is 146 g/mol. The monoisotopic (exact) mass is 169 g/mol. The summed E-state index contributed by atoms with van der Waals surface area (Å²) in [5.74, 6) is 0.762. The van der Waals surface area contributed by atoms with Gasteiger partial charge in [0, 0.05) is 5.54 Å². The Labute approximate surface area is 76.7 Å². The third-order valence-electron chi connectivity index (χ3n) is 3.58. The zero-order valence-corrected chi connectivity index (χ0v) is 8.60.